The fourth-order valence-corrected chi connectivity index (χ4v) is 4.13. The van der Waals surface area contributed by atoms with Gasteiger partial charge in [-0.1, -0.05) is 12.1 Å². The number of nitrogens with one attached hydrogen (secondary N) is 1. The summed E-state index contributed by atoms with van der Waals surface area (Å²) in [7, 11) is 1.22. The Balaban J connectivity index is 2.02. The summed E-state index contributed by atoms with van der Waals surface area (Å²) in [6, 6.07) is 8.25. The third kappa shape index (κ3) is 4.51. The fourth-order valence-electron chi connectivity index (χ4n) is 2.50. The van der Waals surface area contributed by atoms with Gasteiger partial charge in [0.15, 0.2) is 9.84 Å². The van der Waals surface area contributed by atoms with Crippen molar-refractivity contribution < 1.29 is 8.42 Å². The van der Waals surface area contributed by atoms with E-state index in [9.17, 15) is 8.42 Å². The fraction of sp³-hybridized carbons (Fsp3) is 0.571. The predicted octanol–water partition coefficient (Wildman–Crippen LogP) is 1.74. The summed E-state index contributed by atoms with van der Waals surface area (Å²) in [5.74, 6) is 0.594. The molecule has 2 rings (SSSR count). The zero-order valence-electron chi connectivity index (χ0n) is 11.6. The van der Waals surface area contributed by atoms with E-state index in [0.717, 1.165) is 25.1 Å². The summed E-state index contributed by atoms with van der Waals surface area (Å²) in [6.07, 6.45) is 1.69. The zero-order chi connectivity index (χ0) is 13.9. The monoisotopic (exact) mass is 282 g/mol. The molecular weight excluding hydrogens is 260 g/mol. The van der Waals surface area contributed by atoms with Gasteiger partial charge in [0.05, 0.1) is 11.5 Å². The molecule has 5 heteroatoms. The third-order valence-corrected chi connectivity index (χ3v) is 5.08. The Bertz CT molecular complexity index is 526. The van der Waals surface area contributed by atoms with Crippen molar-refractivity contribution in [3.8, 4) is 0 Å². The van der Waals surface area contributed by atoms with Gasteiger partial charge in [0, 0.05) is 18.3 Å². The van der Waals surface area contributed by atoms with Gasteiger partial charge in [0.1, 0.15) is 0 Å². The topological polar surface area (TPSA) is 49.4 Å². The first kappa shape index (κ1) is 14.3. The lowest BCUT2D eigenvalue weighted by Gasteiger charge is -2.24. The normalized spacial score (nSPS) is 22.4. The molecule has 1 aliphatic heterocycles. The standard InChI is InChI=1S/C14H22N2O2S/c1-16(2)10-12-5-3-6-13(9-12)15-14-7-4-8-19(17,18)11-14/h3,5-6,9,14-15H,4,7-8,10-11H2,1-2H3. The van der Waals surface area contributed by atoms with Crippen LogP contribution in [-0.2, 0) is 16.4 Å². The lowest BCUT2D eigenvalue weighted by Crippen LogP contribution is -2.34. The van der Waals surface area contributed by atoms with Gasteiger partial charge in [-0.3, -0.25) is 0 Å². The minimum absolute atomic E-state index is 0.0494. The van der Waals surface area contributed by atoms with Crippen LogP contribution in [0.4, 0.5) is 5.69 Å². The van der Waals surface area contributed by atoms with E-state index in [0.29, 0.717) is 5.75 Å². The Morgan fingerprint density at radius 1 is 1.37 bits per heavy atom. The molecule has 106 valence electrons. The van der Waals surface area contributed by atoms with Crippen LogP contribution in [0.25, 0.3) is 0 Å². The maximum Gasteiger partial charge on any atom is 0.152 e. The zero-order valence-corrected chi connectivity index (χ0v) is 12.4. The molecular formula is C14H22N2O2S. The highest BCUT2D eigenvalue weighted by atomic mass is 32.2. The van der Waals surface area contributed by atoms with Crippen molar-refractivity contribution in [3.63, 3.8) is 0 Å². The third-order valence-electron chi connectivity index (χ3n) is 3.26. The molecule has 4 nitrogen and oxygen atoms in total. The first-order valence-electron chi connectivity index (χ1n) is 6.65. The molecule has 0 radical (unpaired) electrons. The summed E-state index contributed by atoms with van der Waals surface area (Å²) in [5.41, 5.74) is 2.25. The van der Waals surface area contributed by atoms with Gasteiger partial charge in [-0.05, 0) is 44.6 Å². The SMILES string of the molecule is CN(C)Cc1cccc(NC2CCCS(=O)(=O)C2)c1. The summed E-state index contributed by atoms with van der Waals surface area (Å²) in [6.45, 7) is 0.887. The molecule has 1 N–H and O–H groups in total. The number of benzene rings is 1. The summed E-state index contributed by atoms with van der Waals surface area (Å²) in [5, 5.41) is 3.35. The summed E-state index contributed by atoms with van der Waals surface area (Å²) >= 11 is 0. The highest BCUT2D eigenvalue weighted by Gasteiger charge is 2.24. The lowest BCUT2D eigenvalue weighted by atomic mass is 10.1. The van der Waals surface area contributed by atoms with E-state index in [1.54, 1.807) is 0 Å². The van der Waals surface area contributed by atoms with Crippen molar-refractivity contribution in [2.24, 2.45) is 0 Å². The molecule has 0 amide bonds. The molecule has 19 heavy (non-hydrogen) atoms. The molecule has 1 aliphatic rings. The van der Waals surface area contributed by atoms with Crippen LogP contribution in [-0.4, -0.2) is 45.0 Å². The van der Waals surface area contributed by atoms with Gasteiger partial charge in [-0.25, -0.2) is 8.42 Å². The van der Waals surface area contributed by atoms with Crippen molar-refractivity contribution in [2.75, 3.05) is 30.9 Å². The number of nitrogens with zero attached hydrogens (tertiary/aromatic N) is 1. The van der Waals surface area contributed by atoms with Crippen LogP contribution in [0, 0.1) is 0 Å². The van der Waals surface area contributed by atoms with Crippen molar-refractivity contribution >= 4 is 15.5 Å². The van der Waals surface area contributed by atoms with Crippen molar-refractivity contribution in [3.05, 3.63) is 29.8 Å². The van der Waals surface area contributed by atoms with Gasteiger partial charge in [-0.2, -0.15) is 0 Å². The molecule has 1 aromatic rings. The second-order valence-corrected chi connectivity index (χ2v) is 7.76. The van der Waals surface area contributed by atoms with Crippen LogP contribution in [0.2, 0.25) is 0 Å². The number of sulfone groups is 1. The summed E-state index contributed by atoms with van der Waals surface area (Å²) in [4.78, 5) is 2.12. The van der Waals surface area contributed by atoms with E-state index in [1.165, 1.54) is 5.56 Å². The second-order valence-electron chi connectivity index (χ2n) is 5.54. The van der Waals surface area contributed by atoms with Gasteiger partial charge in [0.2, 0.25) is 0 Å². The second kappa shape index (κ2) is 5.92. The minimum Gasteiger partial charge on any atom is -0.381 e. The Kier molecular flexibility index (Phi) is 4.47. The van der Waals surface area contributed by atoms with E-state index in [1.807, 2.05) is 26.2 Å². The Hall–Kier alpha value is -1.07. The maximum absolute atomic E-state index is 11.6. The molecule has 0 aliphatic carbocycles. The van der Waals surface area contributed by atoms with E-state index >= 15 is 0 Å². The quantitative estimate of drug-likeness (QED) is 0.914. The van der Waals surface area contributed by atoms with E-state index < -0.39 is 9.84 Å². The van der Waals surface area contributed by atoms with E-state index in [-0.39, 0.29) is 11.8 Å². The molecule has 1 saturated heterocycles. The average Bonchev–Trinajstić information content (AvgIpc) is 2.26. The Morgan fingerprint density at radius 3 is 2.84 bits per heavy atom. The van der Waals surface area contributed by atoms with Gasteiger partial charge in [-0.15, -0.1) is 0 Å². The molecule has 1 aromatic carbocycles. The van der Waals surface area contributed by atoms with Crippen LogP contribution in [0.15, 0.2) is 24.3 Å². The summed E-state index contributed by atoms with van der Waals surface area (Å²) < 4.78 is 23.2. The van der Waals surface area contributed by atoms with Gasteiger partial charge >= 0.3 is 0 Å². The molecule has 0 spiro atoms. The first-order valence-corrected chi connectivity index (χ1v) is 8.47. The lowest BCUT2D eigenvalue weighted by molar-refractivity contribution is 0.402. The van der Waals surface area contributed by atoms with Crippen molar-refractivity contribution in [1.82, 2.24) is 4.90 Å². The van der Waals surface area contributed by atoms with Crippen LogP contribution in [0.3, 0.4) is 0 Å². The molecule has 1 heterocycles. The molecule has 1 fully saturated rings. The minimum atomic E-state index is -2.85. The van der Waals surface area contributed by atoms with Gasteiger partial charge < -0.3 is 10.2 Å². The van der Waals surface area contributed by atoms with Crippen LogP contribution in [0.1, 0.15) is 18.4 Å². The molecule has 0 saturated carbocycles. The van der Waals surface area contributed by atoms with Crippen molar-refractivity contribution in [1.29, 1.82) is 0 Å². The largest absolute Gasteiger partial charge is 0.381 e. The number of anilines is 1. The van der Waals surface area contributed by atoms with Crippen LogP contribution < -0.4 is 5.32 Å². The van der Waals surface area contributed by atoms with Gasteiger partial charge in [0.25, 0.3) is 0 Å². The first-order chi connectivity index (χ1) is 8.94. The predicted molar refractivity (Wildman–Crippen MR) is 79.1 cm³/mol. The number of hydrogen-bond donors (Lipinski definition) is 1. The smallest absolute Gasteiger partial charge is 0.152 e. The number of hydrogen-bond acceptors (Lipinski definition) is 4. The maximum atomic E-state index is 11.6. The van der Waals surface area contributed by atoms with Crippen LogP contribution in [0.5, 0.6) is 0 Å². The Morgan fingerprint density at radius 2 is 2.16 bits per heavy atom. The molecule has 0 bridgehead atoms. The van der Waals surface area contributed by atoms with Crippen molar-refractivity contribution in [2.45, 2.75) is 25.4 Å². The molecule has 1 unspecified atom stereocenters. The average molecular weight is 282 g/mol. The van der Waals surface area contributed by atoms with E-state index in [2.05, 4.69) is 22.3 Å². The van der Waals surface area contributed by atoms with E-state index in [4.69, 9.17) is 0 Å². The molecule has 0 aromatic heterocycles. The number of rotatable bonds is 4. The molecule has 1 atom stereocenters. The highest BCUT2D eigenvalue weighted by Crippen LogP contribution is 2.18. The van der Waals surface area contributed by atoms with Crippen LogP contribution >= 0.6 is 0 Å². The highest BCUT2D eigenvalue weighted by molar-refractivity contribution is 7.91. The Labute approximate surface area is 115 Å².